The van der Waals surface area contributed by atoms with Gasteiger partial charge in [0, 0.05) is 24.9 Å². The molecule has 2 aliphatic rings. The van der Waals surface area contributed by atoms with Gasteiger partial charge in [0.25, 0.3) is 0 Å². The van der Waals surface area contributed by atoms with E-state index in [1.54, 1.807) is 0 Å². The summed E-state index contributed by atoms with van der Waals surface area (Å²) in [6, 6.07) is 0.552. The molecule has 2 rings (SSSR count). The van der Waals surface area contributed by atoms with Crippen LogP contribution in [0.4, 0.5) is 0 Å². The second-order valence-electron chi connectivity index (χ2n) is 5.66. The van der Waals surface area contributed by atoms with E-state index in [-0.39, 0.29) is 0 Å². The first kappa shape index (κ1) is 14.2. The highest BCUT2D eigenvalue weighted by molar-refractivity contribution is 8.13. The van der Waals surface area contributed by atoms with Crippen molar-refractivity contribution in [3.8, 4) is 0 Å². The van der Waals surface area contributed by atoms with E-state index in [4.69, 9.17) is 9.73 Å². The van der Waals surface area contributed by atoms with Gasteiger partial charge < -0.3 is 10.1 Å². The van der Waals surface area contributed by atoms with Gasteiger partial charge in [-0.2, -0.15) is 0 Å². The zero-order valence-corrected chi connectivity index (χ0v) is 12.7. The van der Waals surface area contributed by atoms with Gasteiger partial charge in [-0.1, -0.05) is 25.6 Å². The number of aliphatic imine (C=N–C) groups is 1. The summed E-state index contributed by atoms with van der Waals surface area (Å²) in [5.74, 6) is 1.21. The first-order valence-electron chi connectivity index (χ1n) is 7.23. The third-order valence-corrected chi connectivity index (χ3v) is 5.66. The average molecular weight is 270 g/mol. The smallest absolute Gasteiger partial charge is 0.156 e. The maximum Gasteiger partial charge on any atom is 0.156 e. The molecule has 0 aliphatic carbocycles. The molecule has 104 valence electrons. The number of hydrogen-bond donors (Lipinski definition) is 1. The standard InChI is InChI=1S/C14H26N2OS/c1-4-14(5-2)9-15-13(18-10-14)16-12-6-7-17-11(3)8-12/h11-12H,4-10H2,1-3H3,(H,15,16). The van der Waals surface area contributed by atoms with Crippen LogP contribution in [0.5, 0.6) is 0 Å². The van der Waals surface area contributed by atoms with Gasteiger partial charge in [0.2, 0.25) is 0 Å². The molecule has 0 saturated carbocycles. The Morgan fingerprint density at radius 2 is 2.22 bits per heavy atom. The molecule has 1 fully saturated rings. The Bertz CT molecular complexity index is 302. The third-order valence-electron chi connectivity index (χ3n) is 4.39. The molecular weight excluding hydrogens is 244 g/mol. The highest BCUT2D eigenvalue weighted by atomic mass is 32.2. The van der Waals surface area contributed by atoms with Crippen LogP contribution in [0.15, 0.2) is 4.99 Å². The summed E-state index contributed by atoms with van der Waals surface area (Å²) in [6.07, 6.45) is 5.07. The average Bonchev–Trinajstić information content (AvgIpc) is 2.40. The molecule has 2 heterocycles. The van der Waals surface area contributed by atoms with Crippen molar-refractivity contribution < 1.29 is 4.74 Å². The molecule has 1 N–H and O–H groups in total. The summed E-state index contributed by atoms with van der Waals surface area (Å²) in [7, 11) is 0. The monoisotopic (exact) mass is 270 g/mol. The quantitative estimate of drug-likeness (QED) is 0.856. The van der Waals surface area contributed by atoms with Crippen molar-refractivity contribution in [2.75, 3.05) is 18.9 Å². The number of ether oxygens (including phenoxy) is 1. The second kappa shape index (κ2) is 6.29. The molecular formula is C14H26N2OS. The van der Waals surface area contributed by atoms with Crippen LogP contribution in [0.3, 0.4) is 0 Å². The number of amidine groups is 1. The summed E-state index contributed by atoms with van der Waals surface area (Å²) in [4.78, 5) is 4.77. The van der Waals surface area contributed by atoms with Crippen molar-refractivity contribution in [2.24, 2.45) is 10.4 Å². The van der Waals surface area contributed by atoms with E-state index in [1.807, 2.05) is 11.8 Å². The largest absolute Gasteiger partial charge is 0.378 e. The van der Waals surface area contributed by atoms with Crippen LogP contribution in [0.1, 0.15) is 46.5 Å². The maximum atomic E-state index is 5.58. The molecule has 0 aromatic rings. The fourth-order valence-electron chi connectivity index (χ4n) is 2.62. The molecule has 4 heteroatoms. The van der Waals surface area contributed by atoms with E-state index in [0.29, 0.717) is 17.6 Å². The fourth-order valence-corrected chi connectivity index (χ4v) is 3.97. The highest BCUT2D eigenvalue weighted by Gasteiger charge is 2.31. The number of rotatable bonds is 3. The lowest BCUT2D eigenvalue weighted by atomic mass is 9.84. The van der Waals surface area contributed by atoms with Crippen LogP contribution < -0.4 is 5.32 Å². The molecule has 0 bridgehead atoms. The Kier molecular flexibility index (Phi) is 4.96. The number of nitrogens with one attached hydrogen (secondary N) is 1. The zero-order valence-electron chi connectivity index (χ0n) is 11.9. The van der Waals surface area contributed by atoms with Gasteiger partial charge >= 0.3 is 0 Å². The van der Waals surface area contributed by atoms with E-state index < -0.39 is 0 Å². The number of thioether (sulfide) groups is 1. The lowest BCUT2D eigenvalue weighted by Gasteiger charge is -2.35. The third kappa shape index (κ3) is 3.41. The molecule has 18 heavy (non-hydrogen) atoms. The van der Waals surface area contributed by atoms with Crippen LogP contribution in [-0.4, -0.2) is 36.2 Å². The molecule has 2 atom stereocenters. The van der Waals surface area contributed by atoms with Crippen molar-refractivity contribution in [2.45, 2.75) is 58.6 Å². The molecule has 3 nitrogen and oxygen atoms in total. The normalized spacial score (nSPS) is 31.8. The Balaban J connectivity index is 1.86. The van der Waals surface area contributed by atoms with Gasteiger partial charge in [-0.25, -0.2) is 0 Å². The minimum Gasteiger partial charge on any atom is -0.378 e. The molecule has 0 aromatic carbocycles. The second-order valence-corrected chi connectivity index (χ2v) is 6.63. The first-order valence-corrected chi connectivity index (χ1v) is 8.21. The first-order chi connectivity index (χ1) is 8.67. The number of hydrogen-bond acceptors (Lipinski definition) is 4. The van der Waals surface area contributed by atoms with E-state index in [9.17, 15) is 0 Å². The predicted octanol–water partition coefficient (Wildman–Crippen LogP) is 3.05. The van der Waals surface area contributed by atoms with Crippen LogP contribution >= 0.6 is 11.8 Å². The number of nitrogens with zero attached hydrogens (tertiary/aromatic N) is 1. The van der Waals surface area contributed by atoms with Gasteiger partial charge in [0.1, 0.15) is 0 Å². The topological polar surface area (TPSA) is 33.6 Å². The SMILES string of the molecule is CCC1(CC)CN=C(NC2CCOC(C)C2)SC1. The van der Waals surface area contributed by atoms with E-state index in [2.05, 4.69) is 26.1 Å². The van der Waals surface area contributed by atoms with E-state index in [1.165, 1.54) is 18.6 Å². The summed E-state index contributed by atoms with van der Waals surface area (Å²) >= 11 is 1.91. The molecule has 0 radical (unpaired) electrons. The Morgan fingerprint density at radius 3 is 2.78 bits per heavy atom. The van der Waals surface area contributed by atoms with Gasteiger partial charge in [0.15, 0.2) is 5.17 Å². The van der Waals surface area contributed by atoms with Crippen LogP contribution in [0, 0.1) is 5.41 Å². The van der Waals surface area contributed by atoms with Crippen molar-refractivity contribution in [3.05, 3.63) is 0 Å². The Morgan fingerprint density at radius 1 is 1.44 bits per heavy atom. The summed E-state index contributed by atoms with van der Waals surface area (Å²) in [5.41, 5.74) is 0.443. The van der Waals surface area contributed by atoms with Crippen LogP contribution in [-0.2, 0) is 4.74 Å². The Labute approximate surface area is 115 Å². The van der Waals surface area contributed by atoms with Crippen molar-refractivity contribution in [3.63, 3.8) is 0 Å². The summed E-state index contributed by atoms with van der Waals surface area (Å²) in [5, 5.41) is 4.77. The van der Waals surface area contributed by atoms with Gasteiger partial charge in [-0.15, -0.1) is 0 Å². The summed E-state index contributed by atoms with van der Waals surface area (Å²) in [6.45, 7) is 8.61. The van der Waals surface area contributed by atoms with Crippen LogP contribution in [0.25, 0.3) is 0 Å². The van der Waals surface area contributed by atoms with Gasteiger partial charge in [-0.3, -0.25) is 4.99 Å². The van der Waals surface area contributed by atoms with Crippen molar-refractivity contribution in [1.29, 1.82) is 0 Å². The molecule has 2 unspecified atom stereocenters. The minimum atomic E-state index is 0.385. The fraction of sp³-hybridized carbons (Fsp3) is 0.929. The van der Waals surface area contributed by atoms with Crippen molar-refractivity contribution in [1.82, 2.24) is 5.32 Å². The van der Waals surface area contributed by atoms with E-state index in [0.717, 1.165) is 31.2 Å². The maximum absolute atomic E-state index is 5.58. The lowest BCUT2D eigenvalue weighted by Crippen LogP contribution is -2.43. The van der Waals surface area contributed by atoms with E-state index >= 15 is 0 Å². The van der Waals surface area contributed by atoms with Crippen LogP contribution in [0.2, 0.25) is 0 Å². The molecule has 2 aliphatic heterocycles. The zero-order chi connectivity index (χ0) is 13.0. The molecule has 1 saturated heterocycles. The molecule has 0 aromatic heterocycles. The molecule has 0 amide bonds. The van der Waals surface area contributed by atoms with Crippen molar-refractivity contribution >= 4 is 16.9 Å². The Hall–Kier alpha value is -0.220. The minimum absolute atomic E-state index is 0.385. The van der Waals surface area contributed by atoms with Gasteiger partial charge in [-0.05, 0) is 38.0 Å². The highest BCUT2D eigenvalue weighted by Crippen LogP contribution is 2.35. The predicted molar refractivity (Wildman–Crippen MR) is 79.3 cm³/mol. The van der Waals surface area contributed by atoms with Gasteiger partial charge in [0.05, 0.1) is 6.10 Å². The summed E-state index contributed by atoms with van der Waals surface area (Å²) < 4.78 is 5.58. The molecule has 0 spiro atoms. The lowest BCUT2D eigenvalue weighted by molar-refractivity contribution is 0.0168.